The third-order valence-corrected chi connectivity index (χ3v) is 3.86. The monoisotopic (exact) mass is 288 g/mol. The van der Waals surface area contributed by atoms with E-state index in [2.05, 4.69) is 15.3 Å². The normalized spacial score (nSPS) is 10.8. The molecule has 0 saturated heterocycles. The third-order valence-electron chi connectivity index (χ3n) is 2.92. The summed E-state index contributed by atoms with van der Waals surface area (Å²) in [6, 6.07) is 7.35. The van der Waals surface area contributed by atoms with Crippen molar-refractivity contribution in [2.75, 3.05) is 5.32 Å². The second kappa shape index (κ2) is 4.86. The second-order valence-electron chi connectivity index (χ2n) is 4.36. The Kier molecular flexibility index (Phi) is 3.03. The van der Waals surface area contributed by atoms with E-state index in [4.69, 9.17) is 5.73 Å². The number of carbonyl (C=O) groups excluding carboxylic acids is 1. The Balaban J connectivity index is 1.75. The Morgan fingerprint density at radius 1 is 1.25 bits per heavy atom. The number of anilines is 1. The molecule has 6 nitrogen and oxygen atoms in total. The molecule has 0 saturated carbocycles. The number of carbonyl (C=O) groups is 1. The highest BCUT2D eigenvalue weighted by Crippen LogP contribution is 2.18. The largest absolute Gasteiger partial charge is 0.380 e. The Morgan fingerprint density at radius 2 is 2.05 bits per heavy atom. The Bertz CT molecular complexity index is 830. The highest BCUT2D eigenvalue weighted by molar-refractivity contribution is 7.10. The maximum atomic E-state index is 11.2. The van der Waals surface area contributed by atoms with Gasteiger partial charge in [0.25, 0.3) is 0 Å². The zero-order valence-corrected chi connectivity index (χ0v) is 11.2. The van der Waals surface area contributed by atoms with Crippen LogP contribution in [0.5, 0.6) is 0 Å². The molecule has 102 valence electrons. The fourth-order valence-corrected chi connectivity index (χ4v) is 2.75. The number of hydrogen-bond acceptors (Lipinski definition) is 4. The van der Waals surface area contributed by atoms with Crippen molar-refractivity contribution in [1.82, 2.24) is 9.97 Å². The first-order valence-electron chi connectivity index (χ1n) is 5.95. The van der Waals surface area contributed by atoms with Gasteiger partial charge in [-0.3, -0.25) is 4.79 Å². The SMILES string of the molecule is NC(=O)c1csc(CNc2ccc3[nH]c(=O)[nH]c3c2)c1. The van der Waals surface area contributed by atoms with E-state index in [-0.39, 0.29) is 5.69 Å². The van der Waals surface area contributed by atoms with Crippen molar-refractivity contribution < 1.29 is 4.79 Å². The molecule has 1 aromatic carbocycles. The van der Waals surface area contributed by atoms with Crippen LogP contribution < -0.4 is 16.7 Å². The van der Waals surface area contributed by atoms with Gasteiger partial charge in [-0.05, 0) is 24.3 Å². The van der Waals surface area contributed by atoms with E-state index in [1.165, 1.54) is 11.3 Å². The Hall–Kier alpha value is -2.54. The number of aromatic amines is 2. The number of nitrogens with one attached hydrogen (secondary N) is 3. The maximum Gasteiger partial charge on any atom is 0.323 e. The van der Waals surface area contributed by atoms with Crippen molar-refractivity contribution in [2.24, 2.45) is 5.73 Å². The van der Waals surface area contributed by atoms with E-state index in [1.54, 1.807) is 11.4 Å². The lowest BCUT2D eigenvalue weighted by Crippen LogP contribution is -2.09. The van der Waals surface area contributed by atoms with Gasteiger partial charge in [0.05, 0.1) is 16.6 Å². The first-order valence-corrected chi connectivity index (χ1v) is 6.83. The van der Waals surface area contributed by atoms with E-state index in [1.807, 2.05) is 18.2 Å². The summed E-state index contributed by atoms with van der Waals surface area (Å²) in [5, 5.41) is 4.98. The molecule has 5 N–H and O–H groups in total. The quantitative estimate of drug-likeness (QED) is 0.586. The third kappa shape index (κ3) is 2.43. The van der Waals surface area contributed by atoms with Gasteiger partial charge in [0.2, 0.25) is 5.91 Å². The molecule has 1 amide bonds. The first-order chi connectivity index (χ1) is 9.61. The highest BCUT2D eigenvalue weighted by atomic mass is 32.1. The first kappa shape index (κ1) is 12.5. The number of H-pyrrole nitrogens is 2. The number of nitrogens with two attached hydrogens (primary N) is 1. The van der Waals surface area contributed by atoms with Gasteiger partial charge in [-0.1, -0.05) is 0 Å². The smallest absolute Gasteiger partial charge is 0.323 e. The summed E-state index contributed by atoms with van der Waals surface area (Å²) in [4.78, 5) is 28.6. The molecule has 3 aromatic rings. The van der Waals surface area contributed by atoms with Crippen LogP contribution in [-0.2, 0) is 6.54 Å². The minimum absolute atomic E-state index is 0.221. The summed E-state index contributed by atoms with van der Waals surface area (Å²) in [6.07, 6.45) is 0. The Labute approximate surface area is 117 Å². The second-order valence-corrected chi connectivity index (χ2v) is 5.35. The van der Waals surface area contributed by atoms with Gasteiger partial charge in [-0.25, -0.2) is 4.79 Å². The summed E-state index contributed by atoms with van der Waals surface area (Å²) in [6.45, 7) is 0.595. The van der Waals surface area contributed by atoms with Gasteiger partial charge < -0.3 is 21.0 Å². The number of fused-ring (bicyclic) bond motifs is 1. The molecule has 3 rings (SSSR count). The van der Waals surface area contributed by atoms with E-state index in [0.29, 0.717) is 12.1 Å². The van der Waals surface area contributed by atoms with E-state index in [0.717, 1.165) is 21.6 Å². The van der Waals surface area contributed by atoms with Crippen LogP contribution in [0.3, 0.4) is 0 Å². The molecule has 0 fully saturated rings. The lowest BCUT2D eigenvalue weighted by atomic mass is 10.2. The molecule has 0 unspecified atom stereocenters. The van der Waals surface area contributed by atoms with Gasteiger partial charge in [0.15, 0.2) is 0 Å². The summed E-state index contributed by atoms with van der Waals surface area (Å²) >= 11 is 1.48. The fourth-order valence-electron chi connectivity index (χ4n) is 1.93. The highest BCUT2D eigenvalue weighted by Gasteiger charge is 2.05. The number of primary amides is 1. The van der Waals surface area contributed by atoms with Crippen LogP contribution in [0.2, 0.25) is 0 Å². The molecule has 0 radical (unpaired) electrons. The minimum Gasteiger partial charge on any atom is -0.380 e. The van der Waals surface area contributed by atoms with Gasteiger partial charge in [-0.2, -0.15) is 0 Å². The molecule has 2 aromatic heterocycles. The summed E-state index contributed by atoms with van der Waals surface area (Å²) in [5.41, 5.74) is 7.93. The number of benzene rings is 1. The van der Waals surface area contributed by atoms with Crippen LogP contribution in [0, 0.1) is 0 Å². The zero-order chi connectivity index (χ0) is 14.1. The van der Waals surface area contributed by atoms with Crippen molar-refractivity contribution in [2.45, 2.75) is 6.54 Å². The molecule has 20 heavy (non-hydrogen) atoms. The summed E-state index contributed by atoms with van der Waals surface area (Å²) in [7, 11) is 0. The summed E-state index contributed by atoms with van der Waals surface area (Å²) < 4.78 is 0. The maximum absolute atomic E-state index is 11.2. The van der Waals surface area contributed by atoms with Crippen LogP contribution in [-0.4, -0.2) is 15.9 Å². The van der Waals surface area contributed by atoms with Gasteiger partial charge >= 0.3 is 5.69 Å². The van der Waals surface area contributed by atoms with E-state index in [9.17, 15) is 9.59 Å². The van der Waals surface area contributed by atoms with E-state index >= 15 is 0 Å². The molecule has 0 aliphatic carbocycles. The molecule has 0 aliphatic rings. The van der Waals surface area contributed by atoms with Crippen LogP contribution in [0.4, 0.5) is 5.69 Å². The number of thiophene rings is 1. The number of hydrogen-bond donors (Lipinski definition) is 4. The Morgan fingerprint density at radius 3 is 2.80 bits per heavy atom. The number of rotatable bonds is 4. The number of aromatic nitrogens is 2. The lowest BCUT2D eigenvalue weighted by molar-refractivity contribution is 0.100. The van der Waals surface area contributed by atoms with Crippen LogP contribution in [0.15, 0.2) is 34.4 Å². The van der Waals surface area contributed by atoms with Crippen LogP contribution in [0.25, 0.3) is 11.0 Å². The fraction of sp³-hybridized carbons (Fsp3) is 0.0769. The molecule has 2 heterocycles. The van der Waals surface area contributed by atoms with E-state index < -0.39 is 5.91 Å². The average molecular weight is 288 g/mol. The zero-order valence-electron chi connectivity index (χ0n) is 10.4. The topological polar surface area (TPSA) is 104 Å². The van der Waals surface area contributed by atoms with Crippen LogP contribution in [0.1, 0.15) is 15.2 Å². The predicted molar refractivity (Wildman–Crippen MR) is 79.1 cm³/mol. The van der Waals surface area contributed by atoms with Gasteiger partial charge in [0, 0.05) is 22.5 Å². The predicted octanol–water partition coefficient (Wildman–Crippen LogP) is 1.63. The molecule has 0 bridgehead atoms. The van der Waals surface area contributed by atoms with Gasteiger partial charge in [0.1, 0.15) is 0 Å². The van der Waals surface area contributed by atoms with Crippen molar-refractivity contribution in [1.29, 1.82) is 0 Å². The lowest BCUT2D eigenvalue weighted by Gasteiger charge is -2.04. The van der Waals surface area contributed by atoms with Crippen molar-refractivity contribution in [3.63, 3.8) is 0 Å². The number of imidazole rings is 1. The van der Waals surface area contributed by atoms with Crippen molar-refractivity contribution >= 4 is 34.0 Å². The molecule has 0 atom stereocenters. The van der Waals surface area contributed by atoms with Crippen molar-refractivity contribution in [3.8, 4) is 0 Å². The molecular formula is C13H12N4O2S. The molecule has 0 aliphatic heterocycles. The molecular weight excluding hydrogens is 276 g/mol. The van der Waals surface area contributed by atoms with Crippen LogP contribution >= 0.6 is 11.3 Å². The standard InChI is InChI=1S/C13H12N4O2S/c14-12(18)7-3-9(20-6-7)5-15-8-1-2-10-11(4-8)17-13(19)16-10/h1-4,6,15H,5H2,(H2,14,18)(H2,16,17,19). The van der Waals surface area contributed by atoms with Gasteiger partial charge in [-0.15, -0.1) is 11.3 Å². The molecule has 7 heteroatoms. The number of amides is 1. The van der Waals surface area contributed by atoms with Crippen molar-refractivity contribution in [3.05, 3.63) is 50.6 Å². The average Bonchev–Trinajstić information content (AvgIpc) is 3.00. The minimum atomic E-state index is -0.418. The summed E-state index contributed by atoms with van der Waals surface area (Å²) in [5.74, 6) is -0.418. The molecule has 0 spiro atoms.